The molecule has 19 heavy (non-hydrogen) atoms. The molecule has 2 aliphatic carbocycles. The van der Waals surface area contributed by atoms with Crippen LogP contribution in [-0.2, 0) is 0 Å². The van der Waals surface area contributed by atoms with Gasteiger partial charge in [-0.05, 0) is 62.9 Å². The van der Waals surface area contributed by atoms with Gasteiger partial charge in [0.05, 0.1) is 0 Å². The van der Waals surface area contributed by atoms with Crippen LogP contribution >= 0.6 is 0 Å². The van der Waals surface area contributed by atoms with Crippen LogP contribution in [0.2, 0.25) is 0 Å². The highest BCUT2D eigenvalue weighted by Gasteiger charge is 2.35. The Morgan fingerprint density at radius 3 is 2.42 bits per heavy atom. The van der Waals surface area contributed by atoms with E-state index in [0.29, 0.717) is 5.41 Å². The van der Waals surface area contributed by atoms with Crippen molar-refractivity contribution in [2.75, 3.05) is 33.2 Å². The van der Waals surface area contributed by atoms with Gasteiger partial charge in [0.1, 0.15) is 0 Å². The summed E-state index contributed by atoms with van der Waals surface area (Å²) in [7, 11) is 2.35. The molecule has 0 aromatic carbocycles. The zero-order valence-corrected chi connectivity index (χ0v) is 13.4. The molecule has 1 N–H and O–H groups in total. The van der Waals surface area contributed by atoms with E-state index in [4.69, 9.17) is 0 Å². The standard InChI is InChI=1S/C17H34N2/c1-4-11-18-13-17(9-7-15(2)8-10-17)14-19(3)12-16-5-6-16/h15-16,18H,4-14H2,1-3H3. The lowest BCUT2D eigenvalue weighted by Crippen LogP contribution is -2.45. The molecule has 2 nitrogen and oxygen atoms in total. The zero-order valence-electron chi connectivity index (χ0n) is 13.4. The van der Waals surface area contributed by atoms with E-state index < -0.39 is 0 Å². The van der Waals surface area contributed by atoms with Crippen molar-refractivity contribution in [1.82, 2.24) is 10.2 Å². The van der Waals surface area contributed by atoms with Gasteiger partial charge in [-0.25, -0.2) is 0 Å². The van der Waals surface area contributed by atoms with Gasteiger partial charge in [0, 0.05) is 19.6 Å². The second-order valence-electron chi connectivity index (χ2n) is 7.50. The minimum Gasteiger partial charge on any atom is -0.316 e. The van der Waals surface area contributed by atoms with Crippen LogP contribution < -0.4 is 5.32 Å². The van der Waals surface area contributed by atoms with Gasteiger partial charge in [0.2, 0.25) is 0 Å². The van der Waals surface area contributed by atoms with E-state index in [2.05, 4.69) is 31.1 Å². The molecule has 112 valence electrons. The highest BCUT2D eigenvalue weighted by molar-refractivity contribution is 4.90. The number of hydrogen-bond acceptors (Lipinski definition) is 2. The van der Waals surface area contributed by atoms with E-state index in [9.17, 15) is 0 Å². The lowest BCUT2D eigenvalue weighted by Gasteiger charge is -2.42. The molecule has 2 aliphatic rings. The summed E-state index contributed by atoms with van der Waals surface area (Å²) in [5, 5.41) is 3.71. The van der Waals surface area contributed by atoms with Crippen LogP contribution in [0.3, 0.4) is 0 Å². The average molecular weight is 266 g/mol. The quantitative estimate of drug-likeness (QED) is 0.676. The molecule has 2 heteroatoms. The highest BCUT2D eigenvalue weighted by atomic mass is 15.1. The van der Waals surface area contributed by atoms with Gasteiger partial charge < -0.3 is 10.2 Å². The molecule has 0 heterocycles. The minimum absolute atomic E-state index is 0.561. The van der Waals surface area contributed by atoms with Crippen LogP contribution in [0.15, 0.2) is 0 Å². The molecule has 0 aliphatic heterocycles. The third-order valence-corrected chi connectivity index (χ3v) is 5.13. The van der Waals surface area contributed by atoms with E-state index in [0.717, 1.165) is 11.8 Å². The summed E-state index contributed by atoms with van der Waals surface area (Å²) in [4.78, 5) is 2.63. The monoisotopic (exact) mass is 266 g/mol. The summed E-state index contributed by atoms with van der Waals surface area (Å²) in [6, 6.07) is 0. The first kappa shape index (κ1) is 15.3. The number of rotatable bonds is 8. The Bertz CT molecular complexity index is 252. The highest BCUT2D eigenvalue weighted by Crippen LogP contribution is 2.39. The molecule has 0 saturated heterocycles. The van der Waals surface area contributed by atoms with Gasteiger partial charge in [-0.3, -0.25) is 0 Å². The fraction of sp³-hybridized carbons (Fsp3) is 1.00. The van der Waals surface area contributed by atoms with Gasteiger partial charge in [0.25, 0.3) is 0 Å². The summed E-state index contributed by atoms with van der Waals surface area (Å²) >= 11 is 0. The van der Waals surface area contributed by atoms with E-state index in [1.165, 1.54) is 71.1 Å². The molecule has 0 amide bonds. The number of hydrogen-bond donors (Lipinski definition) is 1. The van der Waals surface area contributed by atoms with E-state index in [1.807, 2.05) is 0 Å². The fourth-order valence-corrected chi connectivity index (χ4v) is 3.67. The van der Waals surface area contributed by atoms with Crippen molar-refractivity contribution in [1.29, 1.82) is 0 Å². The summed E-state index contributed by atoms with van der Waals surface area (Å²) in [5.41, 5.74) is 0.561. The molecule has 0 aromatic rings. The predicted octanol–water partition coefficient (Wildman–Crippen LogP) is 3.52. The molecule has 0 atom stereocenters. The Morgan fingerprint density at radius 2 is 1.84 bits per heavy atom. The van der Waals surface area contributed by atoms with Gasteiger partial charge in [-0.15, -0.1) is 0 Å². The molecular formula is C17H34N2. The van der Waals surface area contributed by atoms with E-state index >= 15 is 0 Å². The maximum atomic E-state index is 3.71. The molecule has 0 bridgehead atoms. The van der Waals surface area contributed by atoms with Crippen molar-refractivity contribution in [3.8, 4) is 0 Å². The average Bonchev–Trinajstić information content (AvgIpc) is 3.17. The van der Waals surface area contributed by atoms with Crippen molar-refractivity contribution in [2.45, 2.75) is 58.8 Å². The third-order valence-electron chi connectivity index (χ3n) is 5.13. The summed E-state index contributed by atoms with van der Waals surface area (Å²) < 4.78 is 0. The van der Waals surface area contributed by atoms with E-state index in [1.54, 1.807) is 0 Å². The fourth-order valence-electron chi connectivity index (χ4n) is 3.67. The zero-order chi connectivity index (χ0) is 13.7. The molecular weight excluding hydrogens is 232 g/mol. The van der Waals surface area contributed by atoms with Crippen molar-refractivity contribution in [3.63, 3.8) is 0 Å². The summed E-state index contributed by atoms with van der Waals surface area (Å²) in [5.74, 6) is 1.97. The number of nitrogens with one attached hydrogen (secondary N) is 1. The first-order chi connectivity index (χ1) is 9.13. The van der Waals surface area contributed by atoms with Crippen molar-refractivity contribution in [2.24, 2.45) is 17.3 Å². The molecule has 0 spiro atoms. The topological polar surface area (TPSA) is 15.3 Å². The number of nitrogens with zero attached hydrogens (tertiary/aromatic N) is 1. The van der Waals surface area contributed by atoms with Crippen LogP contribution in [0.4, 0.5) is 0 Å². The second kappa shape index (κ2) is 7.08. The Balaban J connectivity index is 1.84. The van der Waals surface area contributed by atoms with Crippen molar-refractivity contribution in [3.05, 3.63) is 0 Å². The van der Waals surface area contributed by atoms with Crippen LogP contribution in [-0.4, -0.2) is 38.1 Å². The molecule has 2 fully saturated rings. The minimum atomic E-state index is 0.561. The van der Waals surface area contributed by atoms with Crippen molar-refractivity contribution < 1.29 is 0 Å². The van der Waals surface area contributed by atoms with Crippen LogP contribution in [0, 0.1) is 17.3 Å². The summed E-state index contributed by atoms with van der Waals surface area (Å²) in [6.45, 7) is 9.77. The van der Waals surface area contributed by atoms with Gasteiger partial charge in [-0.2, -0.15) is 0 Å². The lowest BCUT2D eigenvalue weighted by molar-refractivity contribution is 0.0970. The molecule has 0 aromatic heterocycles. The SMILES string of the molecule is CCCNCC1(CN(C)CC2CC2)CCC(C)CC1. The van der Waals surface area contributed by atoms with Gasteiger partial charge in [-0.1, -0.05) is 26.7 Å². The van der Waals surface area contributed by atoms with Crippen LogP contribution in [0.5, 0.6) is 0 Å². The second-order valence-corrected chi connectivity index (χ2v) is 7.50. The Kier molecular flexibility index (Phi) is 5.70. The molecule has 2 saturated carbocycles. The first-order valence-electron chi connectivity index (χ1n) is 8.53. The first-order valence-corrected chi connectivity index (χ1v) is 8.53. The Morgan fingerprint density at radius 1 is 1.16 bits per heavy atom. The van der Waals surface area contributed by atoms with Crippen LogP contribution in [0.1, 0.15) is 58.8 Å². The Hall–Kier alpha value is -0.0800. The molecule has 2 rings (SSSR count). The smallest absolute Gasteiger partial charge is 0.00472 e. The van der Waals surface area contributed by atoms with Gasteiger partial charge >= 0.3 is 0 Å². The maximum absolute atomic E-state index is 3.71. The summed E-state index contributed by atoms with van der Waals surface area (Å²) in [6.07, 6.45) is 9.94. The van der Waals surface area contributed by atoms with E-state index in [-0.39, 0.29) is 0 Å². The maximum Gasteiger partial charge on any atom is 0.00472 e. The molecule has 0 unspecified atom stereocenters. The Labute approximate surface area is 120 Å². The van der Waals surface area contributed by atoms with Gasteiger partial charge in [0.15, 0.2) is 0 Å². The third kappa shape index (κ3) is 5.07. The lowest BCUT2D eigenvalue weighted by atomic mass is 9.70. The van der Waals surface area contributed by atoms with Crippen LogP contribution in [0.25, 0.3) is 0 Å². The predicted molar refractivity (Wildman–Crippen MR) is 83.4 cm³/mol. The molecule has 0 radical (unpaired) electrons. The normalized spacial score (nSPS) is 31.9. The van der Waals surface area contributed by atoms with Crippen molar-refractivity contribution >= 4 is 0 Å². The largest absolute Gasteiger partial charge is 0.316 e.